The van der Waals surface area contributed by atoms with Gasteiger partial charge >= 0.3 is 6.36 Å². The molecule has 7 nitrogen and oxygen atoms in total. The van der Waals surface area contributed by atoms with Gasteiger partial charge in [0.05, 0.1) is 6.04 Å². The van der Waals surface area contributed by atoms with Crippen LogP contribution in [0.3, 0.4) is 0 Å². The molecule has 3 rings (SSSR count). The fraction of sp³-hybridized carbons (Fsp3) is 0.333. The van der Waals surface area contributed by atoms with E-state index < -0.39 is 18.3 Å². The van der Waals surface area contributed by atoms with Crippen LogP contribution >= 0.6 is 0 Å². The number of benzene rings is 1. The van der Waals surface area contributed by atoms with E-state index in [9.17, 15) is 22.8 Å². The van der Waals surface area contributed by atoms with Crippen LogP contribution in [0, 0.1) is 5.92 Å². The Morgan fingerprint density at radius 1 is 1.25 bits per heavy atom. The van der Waals surface area contributed by atoms with E-state index in [2.05, 4.69) is 25.3 Å². The zero-order valence-corrected chi connectivity index (χ0v) is 14.8. The Bertz CT molecular complexity index is 884. The van der Waals surface area contributed by atoms with E-state index in [4.69, 9.17) is 0 Å². The van der Waals surface area contributed by atoms with Gasteiger partial charge in [0.1, 0.15) is 11.4 Å². The van der Waals surface area contributed by atoms with Crippen LogP contribution in [-0.2, 0) is 4.79 Å². The predicted molar refractivity (Wildman–Crippen MR) is 92.4 cm³/mol. The minimum absolute atomic E-state index is 0.0237. The zero-order valence-electron chi connectivity index (χ0n) is 14.8. The monoisotopic (exact) mass is 394 g/mol. The van der Waals surface area contributed by atoms with Crippen molar-refractivity contribution >= 4 is 17.8 Å². The van der Waals surface area contributed by atoms with Gasteiger partial charge in [-0.3, -0.25) is 14.9 Å². The van der Waals surface area contributed by atoms with Crippen molar-refractivity contribution in [3.8, 4) is 5.75 Å². The van der Waals surface area contributed by atoms with E-state index >= 15 is 0 Å². The van der Waals surface area contributed by atoms with Crippen molar-refractivity contribution < 1.29 is 27.5 Å². The summed E-state index contributed by atoms with van der Waals surface area (Å²) in [5.74, 6) is -1.13. The van der Waals surface area contributed by atoms with Crippen molar-refractivity contribution in [1.29, 1.82) is 0 Å². The molecular formula is C18H17F3N4O3. The molecule has 0 radical (unpaired) electrons. The summed E-state index contributed by atoms with van der Waals surface area (Å²) in [6.45, 7) is 1.61. The maximum atomic E-state index is 12.4. The Hall–Kier alpha value is -3.17. The molecule has 1 unspecified atom stereocenters. The third-order valence-electron chi connectivity index (χ3n) is 4.01. The van der Waals surface area contributed by atoms with Gasteiger partial charge in [-0.15, -0.1) is 13.2 Å². The smallest absolute Gasteiger partial charge is 0.406 e. The molecule has 10 heteroatoms. The minimum Gasteiger partial charge on any atom is -0.406 e. The van der Waals surface area contributed by atoms with Gasteiger partial charge in [0.25, 0.3) is 5.91 Å². The summed E-state index contributed by atoms with van der Waals surface area (Å²) in [6, 6.07) is 6.09. The standard InChI is InChI=1S/C18H17F3N4O3/c1-10(12-3-2-4-13(9-12)28-18(19,20)21)23-16(27)14-7-8-22-17(24-14)25-15(26)11-5-6-11/h2-4,7-11H,5-6H2,1H3,(H,23,27)(H,22,24,25,26). The molecule has 148 valence electrons. The molecule has 1 aromatic carbocycles. The van der Waals surface area contributed by atoms with Crippen LogP contribution in [0.1, 0.15) is 41.9 Å². The molecule has 2 N–H and O–H groups in total. The van der Waals surface area contributed by atoms with Gasteiger partial charge in [-0.2, -0.15) is 0 Å². The molecule has 1 heterocycles. The van der Waals surface area contributed by atoms with Crippen LogP contribution in [0.15, 0.2) is 36.5 Å². The molecular weight excluding hydrogens is 377 g/mol. The second-order valence-corrected chi connectivity index (χ2v) is 6.34. The van der Waals surface area contributed by atoms with Crippen molar-refractivity contribution in [2.45, 2.75) is 32.2 Å². The van der Waals surface area contributed by atoms with Crippen LogP contribution in [0.25, 0.3) is 0 Å². The highest BCUT2D eigenvalue weighted by atomic mass is 19.4. The molecule has 1 fully saturated rings. The number of ether oxygens (including phenoxy) is 1. The van der Waals surface area contributed by atoms with Gasteiger partial charge in [-0.05, 0) is 43.5 Å². The number of alkyl halides is 3. The maximum absolute atomic E-state index is 12.4. The number of aromatic nitrogens is 2. The lowest BCUT2D eigenvalue weighted by atomic mass is 10.1. The number of nitrogens with one attached hydrogen (secondary N) is 2. The third-order valence-corrected chi connectivity index (χ3v) is 4.01. The highest BCUT2D eigenvalue weighted by Gasteiger charge is 2.31. The van der Waals surface area contributed by atoms with Gasteiger partial charge in [0.2, 0.25) is 11.9 Å². The molecule has 28 heavy (non-hydrogen) atoms. The largest absolute Gasteiger partial charge is 0.573 e. The molecule has 2 aromatic rings. The number of anilines is 1. The molecule has 1 atom stereocenters. The number of hydrogen-bond acceptors (Lipinski definition) is 5. The summed E-state index contributed by atoms with van der Waals surface area (Å²) < 4.78 is 40.9. The normalized spacial score (nSPS) is 14.9. The molecule has 1 saturated carbocycles. The molecule has 2 amide bonds. The number of carbonyl (C=O) groups excluding carboxylic acids is 2. The predicted octanol–water partition coefficient (Wildman–Crippen LogP) is 3.21. The number of halogens is 3. The van der Waals surface area contributed by atoms with Crippen LogP contribution in [0.4, 0.5) is 19.1 Å². The first-order valence-electron chi connectivity index (χ1n) is 8.52. The van der Waals surface area contributed by atoms with Gasteiger partial charge in [-0.1, -0.05) is 12.1 Å². The number of amides is 2. The Morgan fingerprint density at radius 2 is 2.00 bits per heavy atom. The van der Waals surface area contributed by atoms with E-state index in [-0.39, 0.29) is 29.2 Å². The number of rotatable bonds is 6. The molecule has 0 aliphatic heterocycles. The molecule has 0 spiro atoms. The lowest BCUT2D eigenvalue weighted by molar-refractivity contribution is -0.274. The Morgan fingerprint density at radius 3 is 2.68 bits per heavy atom. The Labute approximate surface area is 158 Å². The Balaban J connectivity index is 1.65. The van der Waals surface area contributed by atoms with Crippen LogP contribution < -0.4 is 15.4 Å². The summed E-state index contributed by atoms with van der Waals surface area (Å²) in [6.07, 6.45) is -1.82. The van der Waals surface area contributed by atoms with Crippen LogP contribution in [-0.4, -0.2) is 28.1 Å². The van der Waals surface area contributed by atoms with E-state index in [1.165, 1.54) is 30.5 Å². The van der Waals surface area contributed by atoms with Crippen molar-refractivity contribution in [1.82, 2.24) is 15.3 Å². The first-order valence-corrected chi connectivity index (χ1v) is 8.52. The summed E-state index contributed by atoms with van der Waals surface area (Å²) in [7, 11) is 0. The second kappa shape index (κ2) is 7.83. The Kier molecular flexibility index (Phi) is 5.48. The zero-order chi connectivity index (χ0) is 20.3. The van der Waals surface area contributed by atoms with Crippen molar-refractivity contribution in [2.24, 2.45) is 5.92 Å². The number of carbonyl (C=O) groups is 2. The summed E-state index contributed by atoms with van der Waals surface area (Å²) in [4.78, 5) is 32.1. The maximum Gasteiger partial charge on any atom is 0.573 e. The summed E-state index contributed by atoms with van der Waals surface area (Å²) in [5, 5.41) is 5.19. The van der Waals surface area contributed by atoms with Crippen molar-refractivity contribution in [2.75, 3.05) is 5.32 Å². The number of hydrogen-bond donors (Lipinski definition) is 2. The highest BCUT2D eigenvalue weighted by Crippen LogP contribution is 2.29. The first kappa shape index (κ1) is 19.6. The fourth-order valence-electron chi connectivity index (χ4n) is 2.44. The van der Waals surface area contributed by atoms with Gasteiger partial charge in [0.15, 0.2) is 0 Å². The quantitative estimate of drug-likeness (QED) is 0.785. The van der Waals surface area contributed by atoms with Gasteiger partial charge in [0, 0.05) is 12.1 Å². The van der Waals surface area contributed by atoms with E-state index in [0.29, 0.717) is 5.56 Å². The lowest BCUT2D eigenvalue weighted by Crippen LogP contribution is -2.28. The minimum atomic E-state index is -4.80. The van der Waals surface area contributed by atoms with Crippen molar-refractivity contribution in [3.63, 3.8) is 0 Å². The molecule has 1 aliphatic carbocycles. The lowest BCUT2D eigenvalue weighted by Gasteiger charge is -2.16. The van der Waals surface area contributed by atoms with E-state index in [0.717, 1.165) is 12.8 Å². The van der Waals surface area contributed by atoms with Crippen molar-refractivity contribution in [3.05, 3.63) is 47.8 Å². The SMILES string of the molecule is CC(NC(=O)c1ccnc(NC(=O)C2CC2)n1)c1cccc(OC(F)(F)F)c1. The van der Waals surface area contributed by atoms with E-state index in [1.807, 2.05) is 0 Å². The van der Waals surface area contributed by atoms with Gasteiger partial charge < -0.3 is 10.1 Å². The third kappa shape index (κ3) is 5.41. The van der Waals surface area contributed by atoms with Gasteiger partial charge in [-0.25, -0.2) is 9.97 Å². The average Bonchev–Trinajstić information content (AvgIpc) is 3.46. The molecule has 0 saturated heterocycles. The summed E-state index contributed by atoms with van der Waals surface area (Å²) in [5.41, 5.74) is 0.446. The van der Waals surface area contributed by atoms with Crippen LogP contribution in [0.5, 0.6) is 5.75 Å². The fourth-order valence-corrected chi connectivity index (χ4v) is 2.44. The second-order valence-electron chi connectivity index (χ2n) is 6.34. The highest BCUT2D eigenvalue weighted by molar-refractivity contribution is 5.95. The molecule has 1 aliphatic rings. The topological polar surface area (TPSA) is 93.2 Å². The average molecular weight is 394 g/mol. The van der Waals surface area contributed by atoms with E-state index in [1.54, 1.807) is 13.0 Å². The van der Waals surface area contributed by atoms with Crippen LogP contribution in [0.2, 0.25) is 0 Å². The molecule has 0 bridgehead atoms. The molecule has 1 aromatic heterocycles. The summed E-state index contributed by atoms with van der Waals surface area (Å²) >= 11 is 0. The first-order chi connectivity index (χ1) is 13.2. The number of nitrogens with zero attached hydrogens (tertiary/aromatic N) is 2.